The van der Waals surface area contributed by atoms with Crippen molar-refractivity contribution in [2.75, 3.05) is 0 Å². The average molecular weight is 405 g/mol. The van der Waals surface area contributed by atoms with E-state index in [1.54, 1.807) is 0 Å². The lowest BCUT2D eigenvalue weighted by Crippen LogP contribution is -2.13. The van der Waals surface area contributed by atoms with Crippen molar-refractivity contribution >= 4 is 5.91 Å². The van der Waals surface area contributed by atoms with E-state index in [1.807, 2.05) is 61.5 Å². The number of benzene rings is 2. The van der Waals surface area contributed by atoms with E-state index >= 15 is 0 Å². The van der Waals surface area contributed by atoms with Crippen LogP contribution in [0.15, 0.2) is 54.6 Å². The number of nitrogens with zero attached hydrogens (tertiary/aromatic N) is 1. The van der Waals surface area contributed by atoms with Crippen LogP contribution in [0.5, 0.6) is 11.5 Å². The molecule has 2 aromatic carbocycles. The molecule has 4 nitrogen and oxygen atoms in total. The van der Waals surface area contributed by atoms with E-state index in [-0.39, 0.29) is 5.91 Å². The Morgan fingerprint density at radius 3 is 2.40 bits per heavy atom. The Balaban J connectivity index is 2.10. The molecule has 158 valence electrons. The Morgan fingerprint density at radius 1 is 1.07 bits per heavy atom. The topological polar surface area (TPSA) is 57.2 Å². The lowest BCUT2D eigenvalue weighted by atomic mass is 9.98. The predicted molar refractivity (Wildman–Crippen MR) is 123 cm³/mol. The highest BCUT2D eigenvalue weighted by Gasteiger charge is 2.24. The summed E-state index contributed by atoms with van der Waals surface area (Å²) in [5, 5.41) is 0. The maximum absolute atomic E-state index is 12.5. The Kier molecular flexibility index (Phi) is 6.99. The van der Waals surface area contributed by atoms with Crippen molar-refractivity contribution in [3.05, 3.63) is 71.5 Å². The van der Waals surface area contributed by atoms with Crippen LogP contribution in [0.3, 0.4) is 0 Å². The third-order valence-corrected chi connectivity index (χ3v) is 5.40. The fraction of sp³-hybridized carbons (Fsp3) is 0.346. The van der Waals surface area contributed by atoms with Crippen LogP contribution in [-0.2, 0) is 13.0 Å². The summed E-state index contributed by atoms with van der Waals surface area (Å²) in [5.74, 6) is 1.73. The van der Waals surface area contributed by atoms with Gasteiger partial charge < -0.3 is 15.0 Å². The van der Waals surface area contributed by atoms with E-state index in [1.165, 1.54) is 5.69 Å². The zero-order valence-electron chi connectivity index (χ0n) is 18.4. The number of hydrogen-bond donors (Lipinski definition) is 1. The minimum Gasteiger partial charge on any atom is -0.457 e. The molecule has 0 atom stereocenters. The Bertz CT molecular complexity index is 1000. The summed E-state index contributed by atoms with van der Waals surface area (Å²) in [6, 6.07) is 17.6. The van der Waals surface area contributed by atoms with Crippen molar-refractivity contribution in [3.63, 3.8) is 0 Å². The molecule has 0 aliphatic carbocycles. The Labute approximate surface area is 179 Å². The van der Waals surface area contributed by atoms with E-state index in [9.17, 15) is 4.79 Å². The zero-order chi connectivity index (χ0) is 21.7. The number of carbonyl (C=O) groups is 1. The van der Waals surface area contributed by atoms with Gasteiger partial charge in [-0.25, -0.2) is 0 Å². The number of ether oxygens (including phenoxy) is 1. The summed E-state index contributed by atoms with van der Waals surface area (Å²) in [4.78, 5) is 12.5. The second kappa shape index (κ2) is 9.66. The third-order valence-electron chi connectivity index (χ3n) is 5.40. The standard InChI is InChI=1S/C26H32N2O2/c1-5-10-23-25(24(26(27)29)19(4)28(23)16-15-18(2)3)20-11-9-14-22(17-20)30-21-12-7-6-8-13-21/h6-9,11-14,17-18H,5,10,15-16H2,1-4H3,(H2,27,29). The van der Waals surface area contributed by atoms with Gasteiger partial charge in [-0.05, 0) is 55.5 Å². The number of aromatic nitrogens is 1. The molecule has 1 amide bonds. The number of nitrogens with two attached hydrogens (primary N) is 1. The van der Waals surface area contributed by atoms with Gasteiger partial charge in [0, 0.05) is 23.5 Å². The quantitative estimate of drug-likeness (QED) is 0.451. The molecule has 2 N–H and O–H groups in total. The van der Waals surface area contributed by atoms with Crippen LogP contribution in [0.1, 0.15) is 55.4 Å². The third kappa shape index (κ3) is 4.76. The molecule has 3 rings (SSSR count). The van der Waals surface area contributed by atoms with Gasteiger partial charge in [0.2, 0.25) is 0 Å². The molecule has 0 spiro atoms. The zero-order valence-corrected chi connectivity index (χ0v) is 18.4. The number of carbonyl (C=O) groups excluding carboxylic acids is 1. The SMILES string of the molecule is CCCc1c(-c2cccc(Oc3ccccc3)c2)c(C(N)=O)c(C)n1CCC(C)C. The second-order valence-corrected chi connectivity index (χ2v) is 8.17. The van der Waals surface area contributed by atoms with Gasteiger partial charge in [-0.2, -0.15) is 0 Å². The fourth-order valence-corrected chi connectivity index (χ4v) is 3.94. The largest absolute Gasteiger partial charge is 0.457 e. The molecule has 1 aromatic heterocycles. The van der Waals surface area contributed by atoms with Crippen LogP contribution in [0.4, 0.5) is 0 Å². The van der Waals surface area contributed by atoms with Crippen molar-refractivity contribution in [2.24, 2.45) is 11.7 Å². The minimum atomic E-state index is -0.377. The van der Waals surface area contributed by atoms with E-state index in [0.717, 1.165) is 54.1 Å². The van der Waals surface area contributed by atoms with Crippen LogP contribution >= 0.6 is 0 Å². The second-order valence-electron chi connectivity index (χ2n) is 8.17. The van der Waals surface area contributed by atoms with Crippen molar-refractivity contribution in [1.29, 1.82) is 0 Å². The molecule has 0 aliphatic heterocycles. The Hall–Kier alpha value is -3.01. The highest BCUT2D eigenvalue weighted by atomic mass is 16.5. The van der Waals surface area contributed by atoms with Gasteiger partial charge in [0.1, 0.15) is 11.5 Å². The lowest BCUT2D eigenvalue weighted by molar-refractivity contribution is 0.1000. The summed E-state index contributed by atoms with van der Waals surface area (Å²) >= 11 is 0. The van der Waals surface area contributed by atoms with Crippen LogP contribution < -0.4 is 10.5 Å². The summed E-state index contributed by atoms with van der Waals surface area (Å²) in [6.07, 6.45) is 2.95. The minimum absolute atomic E-state index is 0.377. The summed E-state index contributed by atoms with van der Waals surface area (Å²) in [5.41, 5.74) is 10.5. The van der Waals surface area contributed by atoms with Crippen molar-refractivity contribution < 1.29 is 9.53 Å². The van der Waals surface area contributed by atoms with E-state index in [0.29, 0.717) is 11.5 Å². The fourth-order valence-electron chi connectivity index (χ4n) is 3.94. The number of primary amides is 1. The average Bonchev–Trinajstić information content (AvgIpc) is 2.99. The molecule has 30 heavy (non-hydrogen) atoms. The molecule has 4 heteroatoms. The monoisotopic (exact) mass is 404 g/mol. The maximum Gasteiger partial charge on any atom is 0.251 e. The molecule has 3 aromatic rings. The normalized spacial score (nSPS) is 11.1. The van der Waals surface area contributed by atoms with Gasteiger partial charge in [0.15, 0.2) is 0 Å². The van der Waals surface area contributed by atoms with Gasteiger partial charge in [0.25, 0.3) is 5.91 Å². The van der Waals surface area contributed by atoms with E-state index in [2.05, 4.69) is 25.3 Å². The van der Waals surface area contributed by atoms with Gasteiger partial charge in [-0.15, -0.1) is 0 Å². The van der Waals surface area contributed by atoms with Crippen LogP contribution in [0.25, 0.3) is 11.1 Å². The van der Waals surface area contributed by atoms with Gasteiger partial charge in [-0.3, -0.25) is 4.79 Å². The van der Waals surface area contributed by atoms with Gasteiger partial charge >= 0.3 is 0 Å². The van der Waals surface area contributed by atoms with Crippen molar-refractivity contribution in [3.8, 4) is 22.6 Å². The molecule has 1 heterocycles. The first-order chi connectivity index (χ1) is 14.4. The molecule has 0 radical (unpaired) electrons. The van der Waals surface area contributed by atoms with Gasteiger partial charge in [0.05, 0.1) is 5.56 Å². The van der Waals surface area contributed by atoms with E-state index in [4.69, 9.17) is 10.5 Å². The summed E-state index contributed by atoms with van der Waals surface area (Å²) in [6.45, 7) is 9.50. The lowest BCUT2D eigenvalue weighted by Gasteiger charge is -2.14. The van der Waals surface area contributed by atoms with Crippen LogP contribution in [0, 0.1) is 12.8 Å². The molecule has 0 saturated carbocycles. The molecule has 0 bridgehead atoms. The molecule has 0 aliphatic rings. The van der Waals surface area contributed by atoms with Gasteiger partial charge in [-0.1, -0.05) is 57.5 Å². The number of para-hydroxylation sites is 1. The number of rotatable bonds is 9. The molecule has 0 unspecified atom stereocenters. The first-order valence-electron chi connectivity index (χ1n) is 10.8. The predicted octanol–water partition coefficient (Wildman–Crippen LogP) is 6.35. The molecular formula is C26H32N2O2. The van der Waals surface area contributed by atoms with Crippen molar-refractivity contribution in [1.82, 2.24) is 4.57 Å². The summed E-state index contributed by atoms with van der Waals surface area (Å²) < 4.78 is 8.33. The van der Waals surface area contributed by atoms with Crippen molar-refractivity contribution in [2.45, 2.75) is 53.5 Å². The summed E-state index contributed by atoms with van der Waals surface area (Å²) in [7, 11) is 0. The highest BCUT2D eigenvalue weighted by molar-refractivity contribution is 6.02. The molecular weight excluding hydrogens is 372 g/mol. The van der Waals surface area contributed by atoms with Crippen LogP contribution in [0.2, 0.25) is 0 Å². The maximum atomic E-state index is 12.5. The van der Waals surface area contributed by atoms with E-state index < -0.39 is 0 Å². The Morgan fingerprint density at radius 2 is 1.77 bits per heavy atom. The first kappa shape index (κ1) is 21.7. The number of amides is 1. The number of hydrogen-bond acceptors (Lipinski definition) is 2. The van der Waals surface area contributed by atoms with Crippen LogP contribution in [-0.4, -0.2) is 10.5 Å². The first-order valence-corrected chi connectivity index (χ1v) is 10.8. The highest BCUT2D eigenvalue weighted by Crippen LogP contribution is 2.36. The molecule has 0 saturated heterocycles. The smallest absolute Gasteiger partial charge is 0.251 e. The molecule has 0 fully saturated rings.